The number of hydrogen-bond acceptors (Lipinski definition) is 6. The lowest BCUT2D eigenvalue weighted by molar-refractivity contribution is -0.140. The summed E-state index contributed by atoms with van der Waals surface area (Å²) in [6, 6.07) is 20.9. The van der Waals surface area contributed by atoms with Crippen molar-refractivity contribution in [2.45, 2.75) is 31.3 Å². The molecule has 3 N–H and O–H groups in total. The summed E-state index contributed by atoms with van der Waals surface area (Å²) in [6.07, 6.45) is 3.47. The molecule has 9 heteroatoms. The summed E-state index contributed by atoms with van der Waals surface area (Å²) >= 11 is 0. The van der Waals surface area contributed by atoms with E-state index in [0.717, 1.165) is 27.6 Å². The van der Waals surface area contributed by atoms with Crippen molar-refractivity contribution < 1.29 is 24.0 Å². The van der Waals surface area contributed by atoms with Crippen molar-refractivity contribution in [3.05, 3.63) is 90.3 Å². The third-order valence-corrected chi connectivity index (χ3v) is 7.11. The van der Waals surface area contributed by atoms with Crippen LogP contribution in [0, 0.1) is 0 Å². The number of carboxylic acids is 1. The molecule has 38 heavy (non-hydrogen) atoms. The average Bonchev–Trinajstić information content (AvgIpc) is 3.38. The van der Waals surface area contributed by atoms with Gasteiger partial charge in [-0.15, -0.1) is 0 Å². The summed E-state index contributed by atoms with van der Waals surface area (Å²) in [5.41, 5.74) is 4.46. The lowest BCUT2D eigenvalue weighted by Crippen LogP contribution is -2.19. The lowest BCUT2D eigenvalue weighted by Gasteiger charge is -2.14. The largest absolute Gasteiger partial charge is 0.481 e. The Bertz CT molecular complexity index is 1630. The molecule has 190 valence electrons. The van der Waals surface area contributed by atoms with Crippen molar-refractivity contribution >= 4 is 28.7 Å². The fraction of sp³-hybridized carbons (Fsp3) is 0.172. The molecule has 9 nitrogen and oxygen atoms in total. The van der Waals surface area contributed by atoms with Gasteiger partial charge in [0.1, 0.15) is 17.3 Å². The Balaban J connectivity index is 1.26. The number of carboxylic acid groups (broad SMARTS) is 1. The van der Waals surface area contributed by atoms with Gasteiger partial charge < -0.3 is 14.4 Å². The predicted molar refractivity (Wildman–Crippen MR) is 141 cm³/mol. The fourth-order valence-electron chi connectivity index (χ4n) is 4.81. The molecule has 6 rings (SSSR count). The van der Waals surface area contributed by atoms with Crippen molar-refractivity contribution in [3.63, 3.8) is 0 Å². The first-order valence-electron chi connectivity index (χ1n) is 12.2. The van der Waals surface area contributed by atoms with Crippen LogP contribution in [0.2, 0.25) is 0 Å². The molecule has 0 aliphatic heterocycles. The van der Waals surface area contributed by atoms with Gasteiger partial charge in [-0.1, -0.05) is 65.8 Å². The highest BCUT2D eigenvalue weighted by Gasteiger charge is 2.51. The van der Waals surface area contributed by atoms with E-state index in [4.69, 9.17) is 9.26 Å². The van der Waals surface area contributed by atoms with Crippen LogP contribution in [-0.2, 0) is 14.9 Å². The zero-order chi connectivity index (χ0) is 26.3. The molecule has 0 bridgehead atoms. The summed E-state index contributed by atoms with van der Waals surface area (Å²) in [7, 11) is 0. The van der Waals surface area contributed by atoms with Crippen molar-refractivity contribution in [1.29, 1.82) is 0 Å². The average molecular weight is 509 g/mol. The number of aromatic amines is 1. The number of amides is 1. The maximum Gasteiger partial charge on any atom is 0.412 e. The summed E-state index contributed by atoms with van der Waals surface area (Å²) in [5.74, 6) is -0.424. The molecule has 1 amide bonds. The molecule has 0 radical (unpaired) electrons. The third-order valence-electron chi connectivity index (χ3n) is 7.11. The third kappa shape index (κ3) is 4.07. The van der Waals surface area contributed by atoms with Crippen LogP contribution < -0.4 is 5.32 Å². The number of carbonyl (C=O) groups is 2. The number of benzene rings is 3. The molecule has 1 aliphatic carbocycles. The lowest BCUT2D eigenvalue weighted by atomic mass is 9.92. The zero-order valence-electron chi connectivity index (χ0n) is 20.5. The van der Waals surface area contributed by atoms with E-state index in [1.54, 1.807) is 13.1 Å². The Hall–Kier alpha value is -4.92. The minimum absolute atomic E-state index is 0.352. The van der Waals surface area contributed by atoms with Crippen molar-refractivity contribution in [3.8, 4) is 22.5 Å². The zero-order valence-corrected chi connectivity index (χ0v) is 20.5. The van der Waals surface area contributed by atoms with Crippen LogP contribution in [-0.4, -0.2) is 32.5 Å². The number of H-pyrrole nitrogens is 1. The molecule has 1 unspecified atom stereocenters. The highest BCUT2D eigenvalue weighted by Crippen LogP contribution is 2.49. The molecule has 0 spiro atoms. The van der Waals surface area contributed by atoms with Crippen molar-refractivity contribution in [2.24, 2.45) is 0 Å². The Labute approximate surface area is 217 Å². The van der Waals surface area contributed by atoms with E-state index >= 15 is 0 Å². The van der Waals surface area contributed by atoms with Gasteiger partial charge in [0.2, 0.25) is 0 Å². The van der Waals surface area contributed by atoms with E-state index in [1.165, 1.54) is 6.20 Å². The minimum atomic E-state index is -0.776. The smallest absolute Gasteiger partial charge is 0.412 e. The quantitative estimate of drug-likeness (QED) is 0.235. The number of ether oxygens (including phenoxy) is 1. The first kappa shape index (κ1) is 23.5. The normalized spacial score (nSPS) is 14.7. The van der Waals surface area contributed by atoms with Gasteiger partial charge in [-0.25, -0.2) is 4.79 Å². The molecule has 2 aromatic heterocycles. The van der Waals surface area contributed by atoms with Crippen LogP contribution in [0.25, 0.3) is 33.4 Å². The van der Waals surface area contributed by atoms with E-state index in [2.05, 4.69) is 20.7 Å². The fourth-order valence-corrected chi connectivity index (χ4v) is 4.81. The van der Waals surface area contributed by atoms with Crippen LogP contribution in [0.5, 0.6) is 0 Å². The molecule has 0 saturated heterocycles. The van der Waals surface area contributed by atoms with E-state index in [9.17, 15) is 14.7 Å². The number of hydrogen-bond donors (Lipinski definition) is 3. The van der Waals surface area contributed by atoms with E-state index < -0.39 is 23.6 Å². The molecular weight excluding hydrogens is 484 g/mol. The first-order valence-corrected chi connectivity index (χ1v) is 12.2. The van der Waals surface area contributed by atoms with Crippen LogP contribution in [0.15, 0.2) is 83.6 Å². The number of fused-ring (bicyclic) bond motifs is 1. The van der Waals surface area contributed by atoms with Gasteiger partial charge in [-0.05, 0) is 48.1 Å². The molecule has 1 saturated carbocycles. The highest BCUT2D eigenvalue weighted by atomic mass is 16.6. The number of aliphatic carboxylic acids is 1. The van der Waals surface area contributed by atoms with E-state index in [1.807, 2.05) is 66.7 Å². The van der Waals surface area contributed by atoms with Gasteiger partial charge in [0.25, 0.3) is 0 Å². The summed E-state index contributed by atoms with van der Waals surface area (Å²) < 4.78 is 11.0. The molecule has 5 aromatic rings. The Morgan fingerprint density at radius 1 is 1.05 bits per heavy atom. The number of aromatic nitrogens is 3. The maximum atomic E-state index is 12.6. The summed E-state index contributed by atoms with van der Waals surface area (Å²) in [4.78, 5) is 24.3. The van der Waals surface area contributed by atoms with E-state index in [0.29, 0.717) is 35.4 Å². The van der Waals surface area contributed by atoms with Crippen LogP contribution >= 0.6 is 0 Å². The molecule has 1 fully saturated rings. The number of carbonyl (C=O) groups excluding carboxylic acids is 1. The molecule has 3 aromatic carbocycles. The van der Waals surface area contributed by atoms with Crippen LogP contribution in [0.1, 0.15) is 37.0 Å². The Morgan fingerprint density at radius 2 is 1.79 bits per heavy atom. The van der Waals surface area contributed by atoms with Gasteiger partial charge >= 0.3 is 12.1 Å². The Morgan fingerprint density at radius 3 is 2.50 bits per heavy atom. The standard InChI is InChI=1S/C29H24N4O5/c1-17(18-5-3-2-4-6-18)37-28(36)32-24-16-31-38-26(24)22-12-11-21(23-15-30-33-25(22)23)19-7-9-20(10-8-19)29(13-14-29)27(34)35/h2-12,15-17H,13-14H2,1H3,(H,30,33)(H,32,36)(H,34,35). The Kier molecular flexibility index (Phi) is 5.68. The molecule has 1 aliphatic rings. The van der Waals surface area contributed by atoms with E-state index in [-0.39, 0.29) is 0 Å². The van der Waals surface area contributed by atoms with Crippen molar-refractivity contribution in [1.82, 2.24) is 15.4 Å². The van der Waals surface area contributed by atoms with Crippen LogP contribution in [0.4, 0.5) is 10.5 Å². The van der Waals surface area contributed by atoms with Crippen LogP contribution in [0.3, 0.4) is 0 Å². The molecular formula is C29H24N4O5. The van der Waals surface area contributed by atoms with Gasteiger partial charge in [0.15, 0.2) is 5.76 Å². The van der Waals surface area contributed by atoms with Crippen molar-refractivity contribution in [2.75, 3.05) is 5.32 Å². The van der Waals surface area contributed by atoms with Gasteiger partial charge in [-0.3, -0.25) is 15.2 Å². The predicted octanol–water partition coefficient (Wildman–Crippen LogP) is 6.31. The second-order valence-electron chi connectivity index (χ2n) is 9.42. The number of nitrogens with zero attached hydrogens (tertiary/aromatic N) is 2. The summed E-state index contributed by atoms with van der Waals surface area (Å²) in [6.45, 7) is 1.80. The van der Waals surface area contributed by atoms with Gasteiger partial charge in [-0.2, -0.15) is 5.10 Å². The highest BCUT2D eigenvalue weighted by molar-refractivity contribution is 6.04. The second kappa shape index (κ2) is 9.19. The number of rotatable bonds is 7. The topological polar surface area (TPSA) is 130 Å². The minimum Gasteiger partial charge on any atom is -0.481 e. The summed E-state index contributed by atoms with van der Waals surface area (Å²) in [5, 5.41) is 24.4. The molecule has 2 heterocycles. The number of nitrogens with one attached hydrogen (secondary N) is 2. The molecule has 1 atom stereocenters. The number of anilines is 1. The van der Waals surface area contributed by atoms with Gasteiger partial charge in [0, 0.05) is 11.6 Å². The monoisotopic (exact) mass is 508 g/mol. The maximum absolute atomic E-state index is 12.6. The second-order valence-corrected chi connectivity index (χ2v) is 9.42. The SMILES string of the molecule is CC(OC(=O)Nc1cnoc1-c1ccc(-c2ccc(C3(C(=O)O)CC3)cc2)c2c[nH]nc12)c1ccccc1. The first-order chi connectivity index (χ1) is 18.5. The van der Waals surface area contributed by atoms with Gasteiger partial charge in [0.05, 0.1) is 17.2 Å².